The zero-order valence-electron chi connectivity index (χ0n) is 14.1. The van der Waals surface area contributed by atoms with Gasteiger partial charge < -0.3 is 9.15 Å². The van der Waals surface area contributed by atoms with Gasteiger partial charge in [-0.25, -0.2) is 5.43 Å². The highest BCUT2D eigenvalue weighted by molar-refractivity contribution is 6.30. The molecule has 132 valence electrons. The summed E-state index contributed by atoms with van der Waals surface area (Å²) in [6.07, 6.45) is 1.44. The molecule has 0 bridgehead atoms. The number of carbonyl (C=O) groups excluding carboxylic acids is 1. The quantitative estimate of drug-likeness (QED) is 0.517. The lowest BCUT2D eigenvalue weighted by Gasteiger charge is -2.07. The molecule has 0 spiro atoms. The fourth-order valence-electron chi connectivity index (χ4n) is 2.25. The molecule has 6 heteroatoms. The fraction of sp³-hybridized carbons (Fsp3) is 0.100. The maximum atomic E-state index is 11.8. The summed E-state index contributed by atoms with van der Waals surface area (Å²) in [6, 6.07) is 18.4. The third-order valence-electron chi connectivity index (χ3n) is 3.59. The average Bonchev–Trinajstić information content (AvgIpc) is 3.10. The lowest BCUT2D eigenvalue weighted by molar-refractivity contribution is -0.123. The second-order valence-corrected chi connectivity index (χ2v) is 5.99. The number of benzene rings is 2. The van der Waals surface area contributed by atoms with E-state index in [4.69, 9.17) is 20.8 Å². The van der Waals surface area contributed by atoms with Gasteiger partial charge in [0.05, 0.1) is 6.21 Å². The van der Waals surface area contributed by atoms with Gasteiger partial charge in [0.2, 0.25) is 0 Å². The molecule has 0 aliphatic carbocycles. The van der Waals surface area contributed by atoms with E-state index in [9.17, 15) is 4.79 Å². The van der Waals surface area contributed by atoms with Crippen molar-refractivity contribution in [2.75, 3.05) is 6.61 Å². The summed E-state index contributed by atoms with van der Waals surface area (Å²) in [5, 5.41) is 4.54. The molecule has 3 rings (SSSR count). The largest absolute Gasteiger partial charge is 0.483 e. The zero-order valence-corrected chi connectivity index (χ0v) is 14.9. The van der Waals surface area contributed by atoms with E-state index in [0.717, 1.165) is 11.1 Å². The minimum absolute atomic E-state index is 0.115. The van der Waals surface area contributed by atoms with Crippen molar-refractivity contribution >= 4 is 23.7 Å². The second kappa shape index (κ2) is 8.36. The number of hydrogen-bond acceptors (Lipinski definition) is 4. The van der Waals surface area contributed by atoms with Crippen molar-refractivity contribution in [3.63, 3.8) is 0 Å². The molecule has 0 fully saturated rings. The van der Waals surface area contributed by atoms with Crippen LogP contribution in [-0.2, 0) is 4.79 Å². The van der Waals surface area contributed by atoms with E-state index < -0.39 is 0 Å². The van der Waals surface area contributed by atoms with Gasteiger partial charge in [-0.1, -0.05) is 29.8 Å². The van der Waals surface area contributed by atoms with Crippen LogP contribution in [0.4, 0.5) is 0 Å². The fourth-order valence-corrected chi connectivity index (χ4v) is 2.38. The summed E-state index contributed by atoms with van der Waals surface area (Å²) in [5.74, 6) is 1.53. The minimum Gasteiger partial charge on any atom is -0.483 e. The molecule has 3 aromatic rings. The van der Waals surface area contributed by atoms with Gasteiger partial charge >= 0.3 is 0 Å². The number of halogens is 1. The number of carbonyl (C=O) groups is 1. The van der Waals surface area contributed by atoms with Gasteiger partial charge in [-0.15, -0.1) is 0 Å². The molecule has 1 aromatic heterocycles. The van der Waals surface area contributed by atoms with Gasteiger partial charge in [0, 0.05) is 10.6 Å². The van der Waals surface area contributed by atoms with Gasteiger partial charge in [0.1, 0.15) is 17.3 Å². The number of nitrogens with one attached hydrogen (secondary N) is 1. The Morgan fingerprint density at radius 3 is 2.69 bits per heavy atom. The first kappa shape index (κ1) is 17.8. The van der Waals surface area contributed by atoms with E-state index in [-0.39, 0.29) is 12.5 Å². The molecule has 0 radical (unpaired) electrons. The monoisotopic (exact) mass is 368 g/mol. The number of ether oxygens (including phenoxy) is 1. The second-order valence-electron chi connectivity index (χ2n) is 5.56. The van der Waals surface area contributed by atoms with Crippen LogP contribution in [0.5, 0.6) is 5.75 Å². The Hall–Kier alpha value is -3.05. The molecule has 1 N–H and O–H groups in total. The molecule has 5 nitrogen and oxygen atoms in total. The van der Waals surface area contributed by atoms with Crippen molar-refractivity contribution in [3.05, 3.63) is 77.0 Å². The lowest BCUT2D eigenvalue weighted by Crippen LogP contribution is -2.24. The SMILES string of the molecule is Cc1ccccc1OCC(=O)N/N=C\c1ccc(-c2ccc(Cl)cc2)o1. The number of furan rings is 1. The van der Waals surface area contributed by atoms with Crippen LogP contribution >= 0.6 is 11.6 Å². The van der Waals surface area contributed by atoms with Crippen LogP contribution in [0, 0.1) is 6.92 Å². The smallest absolute Gasteiger partial charge is 0.277 e. The van der Waals surface area contributed by atoms with E-state index in [2.05, 4.69) is 10.5 Å². The van der Waals surface area contributed by atoms with Crippen molar-refractivity contribution < 1.29 is 13.9 Å². The number of nitrogens with zero attached hydrogens (tertiary/aromatic N) is 1. The highest BCUT2D eigenvalue weighted by Crippen LogP contribution is 2.23. The van der Waals surface area contributed by atoms with Crippen molar-refractivity contribution in [1.29, 1.82) is 0 Å². The molecule has 0 saturated heterocycles. The maximum absolute atomic E-state index is 11.8. The highest BCUT2D eigenvalue weighted by atomic mass is 35.5. The molecule has 1 amide bonds. The summed E-state index contributed by atoms with van der Waals surface area (Å²) in [5.41, 5.74) is 4.28. The molecular formula is C20H17ClN2O3. The van der Waals surface area contributed by atoms with Crippen LogP contribution in [0.15, 0.2) is 70.2 Å². The summed E-state index contributed by atoms with van der Waals surface area (Å²) in [4.78, 5) is 11.8. The van der Waals surface area contributed by atoms with Crippen LogP contribution in [0.1, 0.15) is 11.3 Å². The normalized spacial score (nSPS) is 10.8. The van der Waals surface area contributed by atoms with E-state index in [1.165, 1.54) is 6.21 Å². The third-order valence-corrected chi connectivity index (χ3v) is 3.84. The average molecular weight is 369 g/mol. The van der Waals surface area contributed by atoms with Crippen molar-refractivity contribution in [2.24, 2.45) is 5.10 Å². The molecule has 0 aliphatic rings. The Morgan fingerprint density at radius 1 is 1.15 bits per heavy atom. The van der Waals surface area contributed by atoms with Crippen LogP contribution in [-0.4, -0.2) is 18.7 Å². The molecular weight excluding hydrogens is 352 g/mol. The molecule has 0 atom stereocenters. The number of para-hydroxylation sites is 1. The predicted molar refractivity (Wildman–Crippen MR) is 102 cm³/mol. The number of hydrogen-bond donors (Lipinski definition) is 1. The van der Waals surface area contributed by atoms with Crippen molar-refractivity contribution in [1.82, 2.24) is 5.43 Å². The Morgan fingerprint density at radius 2 is 1.92 bits per heavy atom. The lowest BCUT2D eigenvalue weighted by atomic mass is 10.2. The van der Waals surface area contributed by atoms with E-state index in [0.29, 0.717) is 22.3 Å². The van der Waals surface area contributed by atoms with E-state index in [1.54, 1.807) is 18.2 Å². The number of aryl methyl sites for hydroxylation is 1. The van der Waals surface area contributed by atoms with Crippen LogP contribution in [0.2, 0.25) is 5.02 Å². The van der Waals surface area contributed by atoms with Gasteiger partial charge in [0.15, 0.2) is 6.61 Å². The Balaban J connectivity index is 1.51. The van der Waals surface area contributed by atoms with Gasteiger partial charge in [-0.05, 0) is 55.0 Å². The van der Waals surface area contributed by atoms with Crippen LogP contribution in [0.25, 0.3) is 11.3 Å². The molecule has 0 saturated carbocycles. The van der Waals surface area contributed by atoms with E-state index in [1.807, 2.05) is 49.4 Å². The molecule has 26 heavy (non-hydrogen) atoms. The number of rotatable bonds is 6. The summed E-state index contributed by atoms with van der Waals surface area (Å²) >= 11 is 5.87. The number of amides is 1. The summed E-state index contributed by atoms with van der Waals surface area (Å²) in [7, 11) is 0. The Bertz CT molecular complexity index is 917. The summed E-state index contributed by atoms with van der Waals surface area (Å²) < 4.78 is 11.1. The van der Waals surface area contributed by atoms with Gasteiger partial charge in [0.25, 0.3) is 5.91 Å². The first-order valence-corrected chi connectivity index (χ1v) is 8.36. The molecule has 1 heterocycles. The first-order chi connectivity index (χ1) is 12.6. The van der Waals surface area contributed by atoms with E-state index >= 15 is 0 Å². The maximum Gasteiger partial charge on any atom is 0.277 e. The molecule has 2 aromatic carbocycles. The summed E-state index contributed by atoms with van der Waals surface area (Å²) in [6.45, 7) is 1.80. The van der Waals surface area contributed by atoms with Gasteiger partial charge in [-0.2, -0.15) is 5.10 Å². The van der Waals surface area contributed by atoms with Crippen LogP contribution < -0.4 is 10.2 Å². The Kier molecular flexibility index (Phi) is 5.71. The third kappa shape index (κ3) is 4.74. The zero-order chi connectivity index (χ0) is 18.4. The van der Waals surface area contributed by atoms with Crippen molar-refractivity contribution in [3.8, 4) is 17.1 Å². The minimum atomic E-state index is -0.353. The highest BCUT2D eigenvalue weighted by Gasteiger charge is 2.05. The molecule has 0 aliphatic heterocycles. The number of hydrazone groups is 1. The topological polar surface area (TPSA) is 63.8 Å². The Labute approximate surface area is 156 Å². The first-order valence-electron chi connectivity index (χ1n) is 7.98. The standard InChI is InChI=1S/C20H17ClN2O3/c1-14-4-2-3-5-18(14)25-13-20(24)23-22-12-17-10-11-19(26-17)15-6-8-16(21)9-7-15/h2-12H,13H2,1H3,(H,23,24)/b22-12-. The van der Waals surface area contributed by atoms with Crippen molar-refractivity contribution in [2.45, 2.75) is 6.92 Å². The van der Waals surface area contributed by atoms with Crippen LogP contribution in [0.3, 0.4) is 0 Å². The molecule has 0 unspecified atom stereocenters. The van der Waals surface area contributed by atoms with Gasteiger partial charge in [-0.3, -0.25) is 4.79 Å². The predicted octanol–water partition coefficient (Wildman–Crippen LogP) is 4.44.